The van der Waals surface area contributed by atoms with Gasteiger partial charge in [0, 0.05) is 66.7 Å². The van der Waals surface area contributed by atoms with E-state index in [-0.39, 0.29) is 5.82 Å². The molecule has 0 unspecified atom stereocenters. The molecule has 1 N–H and O–H groups in total. The normalized spacial score (nSPS) is 14.0. The summed E-state index contributed by atoms with van der Waals surface area (Å²) in [6, 6.07) is 14.7. The smallest absolute Gasteiger partial charge is 0.203 e. The van der Waals surface area contributed by atoms with Crippen LogP contribution in [-0.4, -0.2) is 63.9 Å². The Bertz CT molecular complexity index is 1400. The first-order chi connectivity index (χ1) is 19.0. The minimum Gasteiger partial charge on any atom is -0.493 e. The first kappa shape index (κ1) is 26.7. The molecule has 1 aliphatic rings. The van der Waals surface area contributed by atoms with Crippen LogP contribution in [0.1, 0.15) is 17.5 Å². The number of rotatable bonds is 10. The number of fused-ring (bicyclic) bond motifs is 1. The molecule has 0 saturated carbocycles. The number of aromatic amines is 1. The van der Waals surface area contributed by atoms with Crippen molar-refractivity contribution in [2.24, 2.45) is 0 Å². The summed E-state index contributed by atoms with van der Waals surface area (Å²) in [6.07, 6.45) is 3.99. The van der Waals surface area contributed by atoms with Gasteiger partial charge in [0.05, 0.1) is 21.3 Å². The minimum atomic E-state index is -0.187. The van der Waals surface area contributed by atoms with Gasteiger partial charge in [-0.2, -0.15) is 0 Å². The molecule has 4 aromatic rings. The van der Waals surface area contributed by atoms with Gasteiger partial charge in [0.2, 0.25) is 5.75 Å². The van der Waals surface area contributed by atoms with Gasteiger partial charge in [0.15, 0.2) is 11.5 Å². The van der Waals surface area contributed by atoms with Crippen LogP contribution < -0.4 is 23.8 Å². The van der Waals surface area contributed by atoms with Crippen LogP contribution in [0.3, 0.4) is 0 Å². The molecule has 0 bridgehead atoms. The highest BCUT2D eigenvalue weighted by Gasteiger charge is 2.21. The van der Waals surface area contributed by atoms with E-state index in [2.05, 4.69) is 27.8 Å². The maximum atomic E-state index is 13.7. The van der Waals surface area contributed by atoms with E-state index < -0.39 is 0 Å². The van der Waals surface area contributed by atoms with E-state index in [9.17, 15) is 4.39 Å². The van der Waals surface area contributed by atoms with Crippen molar-refractivity contribution in [2.45, 2.75) is 19.8 Å². The van der Waals surface area contributed by atoms with E-state index in [1.165, 1.54) is 17.3 Å². The van der Waals surface area contributed by atoms with Crippen LogP contribution in [0.25, 0.3) is 10.9 Å². The largest absolute Gasteiger partial charge is 0.493 e. The number of halogens is 1. The third-order valence-corrected chi connectivity index (χ3v) is 7.48. The number of hydrogen-bond donors (Lipinski definition) is 1. The van der Waals surface area contributed by atoms with E-state index in [4.69, 9.17) is 18.9 Å². The molecule has 1 aliphatic heterocycles. The second-order valence-electron chi connectivity index (χ2n) is 9.80. The lowest BCUT2D eigenvalue weighted by Crippen LogP contribution is -2.46. The maximum absolute atomic E-state index is 13.7. The molecule has 206 valence electrons. The molecule has 0 aliphatic carbocycles. The number of hydrogen-bond acceptors (Lipinski definition) is 6. The molecule has 0 atom stereocenters. The third kappa shape index (κ3) is 5.76. The lowest BCUT2D eigenvalue weighted by molar-refractivity contribution is 0.255. The molecule has 0 spiro atoms. The van der Waals surface area contributed by atoms with Crippen LogP contribution in [0, 0.1) is 12.7 Å². The fourth-order valence-electron chi connectivity index (χ4n) is 5.36. The average Bonchev–Trinajstić information content (AvgIpc) is 3.35. The molecule has 1 aromatic heterocycles. The highest BCUT2D eigenvalue weighted by atomic mass is 19.1. The van der Waals surface area contributed by atoms with Crippen LogP contribution in [-0.2, 0) is 6.42 Å². The van der Waals surface area contributed by atoms with Gasteiger partial charge in [-0.1, -0.05) is 6.07 Å². The van der Waals surface area contributed by atoms with Crippen molar-refractivity contribution < 1.29 is 23.3 Å². The Kier molecular flexibility index (Phi) is 8.12. The van der Waals surface area contributed by atoms with Gasteiger partial charge >= 0.3 is 0 Å². The van der Waals surface area contributed by atoms with Crippen LogP contribution in [0.15, 0.2) is 54.7 Å². The molecule has 8 heteroatoms. The van der Waals surface area contributed by atoms with Crippen LogP contribution in [0.2, 0.25) is 0 Å². The van der Waals surface area contributed by atoms with Crippen molar-refractivity contribution in [3.05, 3.63) is 71.7 Å². The van der Waals surface area contributed by atoms with Crippen LogP contribution in [0.5, 0.6) is 28.7 Å². The minimum absolute atomic E-state index is 0.187. The van der Waals surface area contributed by atoms with Gasteiger partial charge in [-0.15, -0.1) is 0 Å². The molecular weight excluding hydrogens is 497 g/mol. The van der Waals surface area contributed by atoms with E-state index in [1.807, 2.05) is 18.3 Å². The van der Waals surface area contributed by atoms with Crippen molar-refractivity contribution in [1.29, 1.82) is 0 Å². The van der Waals surface area contributed by atoms with Crippen molar-refractivity contribution >= 4 is 16.6 Å². The predicted molar refractivity (Wildman–Crippen MR) is 153 cm³/mol. The summed E-state index contributed by atoms with van der Waals surface area (Å²) in [5, 5.41) is 0.990. The zero-order chi connectivity index (χ0) is 27.4. The fourth-order valence-corrected chi connectivity index (χ4v) is 5.36. The van der Waals surface area contributed by atoms with Crippen molar-refractivity contribution in [2.75, 3.05) is 59.0 Å². The Balaban J connectivity index is 1.19. The average molecular weight is 534 g/mol. The van der Waals surface area contributed by atoms with Gasteiger partial charge in [-0.05, 0) is 62.2 Å². The fraction of sp³-hybridized carbons (Fsp3) is 0.355. The zero-order valence-electron chi connectivity index (χ0n) is 23.1. The number of aromatic nitrogens is 1. The highest BCUT2D eigenvalue weighted by Crippen LogP contribution is 2.43. The molecule has 1 saturated heterocycles. The zero-order valence-corrected chi connectivity index (χ0v) is 23.1. The first-order valence-electron chi connectivity index (χ1n) is 13.3. The number of H-pyrrole nitrogens is 1. The summed E-state index contributed by atoms with van der Waals surface area (Å²) in [4.78, 5) is 8.19. The Morgan fingerprint density at radius 1 is 0.872 bits per heavy atom. The predicted octanol–water partition coefficient (Wildman–Crippen LogP) is 6.19. The van der Waals surface area contributed by atoms with Gasteiger partial charge in [0.25, 0.3) is 0 Å². The lowest BCUT2D eigenvalue weighted by Gasteiger charge is -2.37. The molecule has 5 rings (SSSR count). The first-order valence-corrected chi connectivity index (χ1v) is 13.3. The molecule has 1 fully saturated rings. The molecular formula is C31H36FN3O4. The number of anilines is 1. The molecule has 0 radical (unpaired) electrons. The molecule has 3 aromatic carbocycles. The second kappa shape index (κ2) is 11.9. The van der Waals surface area contributed by atoms with Gasteiger partial charge < -0.3 is 28.8 Å². The van der Waals surface area contributed by atoms with E-state index >= 15 is 0 Å². The summed E-state index contributed by atoms with van der Waals surface area (Å²) in [5.41, 5.74) is 4.45. The van der Waals surface area contributed by atoms with Gasteiger partial charge in [0.1, 0.15) is 17.3 Å². The lowest BCUT2D eigenvalue weighted by atomic mass is 10.1. The standard InChI is InChI=1S/C31H36FN3O4/c1-21-27(8-5-9-28(21)39-24-18-29(36-2)31(38-4)30(19-24)37-3)35-15-13-34(14-16-35)12-6-7-22-20-33-26-11-10-23(32)17-25(22)26/h5,8-11,17-20,33H,6-7,12-16H2,1-4H3. The maximum Gasteiger partial charge on any atom is 0.203 e. The van der Waals surface area contributed by atoms with Crippen molar-refractivity contribution in [3.8, 4) is 28.7 Å². The van der Waals surface area contributed by atoms with E-state index in [0.29, 0.717) is 23.0 Å². The number of nitrogens with zero attached hydrogens (tertiary/aromatic N) is 2. The molecule has 0 amide bonds. The third-order valence-electron chi connectivity index (χ3n) is 7.48. The highest BCUT2D eigenvalue weighted by molar-refractivity contribution is 5.83. The molecule has 2 heterocycles. The topological polar surface area (TPSA) is 59.2 Å². The Morgan fingerprint density at radius 3 is 2.31 bits per heavy atom. The second-order valence-corrected chi connectivity index (χ2v) is 9.80. The molecule has 39 heavy (non-hydrogen) atoms. The van der Waals surface area contributed by atoms with Crippen molar-refractivity contribution in [1.82, 2.24) is 9.88 Å². The van der Waals surface area contributed by atoms with Gasteiger partial charge in [-0.3, -0.25) is 4.90 Å². The van der Waals surface area contributed by atoms with E-state index in [0.717, 1.165) is 67.8 Å². The summed E-state index contributed by atoms with van der Waals surface area (Å²) in [6.45, 7) is 7.03. The summed E-state index contributed by atoms with van der Waals surface area (Å²) < 4.78 is 36.4. The number of piperazine rings is 1. The van der Waals surface area contributed by atoms with Crippen molar-refractivity contribution in [3.63, 3.8) is 0 Å². The number of methoxy groups -OCH3 is 3. The monoisotopic (exact) mass is 533 g/mol. The number of aryl methyl sites for hydroxylation is 1. The summed E-state index contributed by atoms with van der Waals surface area (Å²) in [7, 11) is 4.77. The summed E-state index contributed by atoms with van der Waals surface area (Å²) in [5.74, 6) is 2.85. The van der Waals surface area contributed by atoms with Crippen LogP contribution >= 0.6 is 0 Å². The van der Waals surface area contributed by atoms with Crippen LogP contribution in [0.4, 0.5) is 10.1 Å². The molecule has 7 nitrogen and oxygen atoms in total. The number of nitrogens with one attached hydrogen (secondary N) is 1. The SMILES string of the molecule is COc1cc(Oc2cccc(N3CCN(CCCc4c[nH]c5ccc(F)cc45)CC3)c2C)cc(OC)c1OC. The number of ether oxygens (including phenoxy) is 4. The van der Waals surface area contributed by atoms with E-state index in [1.54, 1.807) is 45.6 Å². The number of benzene rings is 3. The van der Waals surface area contributed by atoms with Gasteiger partial charge in [-0.25, -0.2) is 4.39 Å². The Morgan fingerprint density at radius 2 is 1.62 bits per heavy atom. The Hall–Kier alpha value is -3.91. The summed E-state index contributed by atoms with van der Waals surface area (Å²) >= 11 is 0. The quantitative estimate of drug-likeness (QED) is 0.262. The Labute approximate surface area is 229 Å².